The van der Waals surface area contributed by atoms with Crippen molar-refractivity contribution >= 4 is 27.3 Å². The van der Waals surface area contributed by atoms with Gasteiger partial charge in [-0.3, -0.25) is 0 Å². The van der Waals surface area contributed by atoms with Gasteiger partial charge in [-0.2, -0.15) is 0 Å². The molecule has 0 saturated carbocycles. The zero-order chi connectivity index (χ0) is 11.0. The van der Waals surface area contributed by atoms with E-state index >= 15 is 0 Å². The molecule has 14 heavy (non-hydrogen) atoms. The van der Waals surface area contributed by atoms with Crippen LogP contribution in [-0.4, -0.2) is 11.7 Å². The zero-order valence-electron chi connectivity index (χ0n) is 8.67. The summed E-state index contributed by atoms with van der Waals surface area (Å²) < 4.78 is 0.936. The average molecular weight is 278 g/mol. The zero-order valence-corrected chi connectivity index (χ0v) is 11.1. The van der Waals surface area contributed by atoms with Gasteiger partial charge in [-0.1, -0.05) is 20.8 Å². The molecule has 1 rings (SSSR count). The van der Waals surface area contributed by atoms with Crippen molar-refractivity contribution in [1.29, 1.82) is 0 Å². The van der Waals surface area contributed by atoms with Gasteiger partial charge in [0.15, 0.2) is 0 Å². The Morgan fingerprint density at radius 2 is 2.07 bits per heavy atom. The molecule has 0 fully saturated rings. The van der Waals surface area contributed by atoms with Crippen LogP contribution in [0.2, 0.25) is 0 Å². The minimum absolute atomic E-state index is 0.232. The van der Waals surface area contributed by atoms with E-state index in [1.54, 1.807) is 0 Å². The summed E-state index contributed by atoms with van der Waals surface area (Å²) in [5, 5.41) is 12.5. The molecule has 0 aliphatic rings. The third-order valence-corrected chi connectivity index (χ3v) is 4.52. The molecule has 0 saturated heterocycles. The van der Waals surface area contributed by atoms with Crippen LogP contribution >= 0.6 is 27.3 Å². The van der Waals surface area contributed by atoms with Gasteiger partial charge in [0.05, 0.1) is 4.88 Å². The van der Waals surface area contributed by atoms with Gasteiger partial charge < -0.3 is 10.8 Å². The molecule has 4 heteroatoms. The fourth-order valence-electron chi connectivity index (χ4n) is 1.33. The molecule has 1 aromatic heterocycles. The van der Waals surface area contributed by atoms with Crippen molar-refractivity contribution in [3.8, 4) is 0 Å². The summed E-state index contributed by atoms with van der Waals surface area (Å²) in [7, 11) is 0. The van der Waals surface area contributed by atoms with Crippen LogP contribution in [0.15, 0.2) is 15.9 Å². The molecule has 1 unspecified atom stereocenters. The summed E-state index contributed by atoms with van der Waals surface area (Å²) in [5.41, 5.74) is 4.46. The van der Waals surface area contributed by atoms with E-state index < -0.39 is 5.60 Å². The van der Waals surface area contributed by atoms with E-state index in [0.717, 1.165) is 9.35 Å². The minimum Gasteiger partial charge on any atom is -0.382 e. The summed E-state index contributed by atoms with van der Waals surface area (Å²) in [6.07, 6.45) is 0. The molecule has 1 atom stereocenters. The van der Waals surface area contributed by atoms with Gasteiger partial charge in [0.25, 0.3) is 0 Å². The van der Waals surface area contributed by atoms with Crippen molar-refractivity contribution in [2.75, 3.05) is 6.54 Å². The average Bonchev–Trinajstić information content (AvgIpc) is 2.48. The lowest BCUT2D eigenvalue weighted by Crippen LogP contribution is -2.45. The molecule has 80 valence electrons. The quantitative estimate of drug-likeness (QED) is 0.873. The topological polar surface area (TPSA) is 46.2 Å². The summed E-state index contributed by atoms with van der Waals surface area (Å²) in [6.45, 7) is 6.21. The summed E-state index contributed by atoms with van der Waals surface area (Å²) in [5.74, 6) is 0. The lowest BCUT2D eigenvalue weighted by molar-refractivity contribution is -0.0531. The summed E-state index contributed by atoms with van der Waals surface area (Å²) in [6, 6.07) is 1.94. The van der Waals surface area contributed by atoms with Crippen LogP contribution in [-0.2, 0) is 5.60 Å². The Morgan fingerprint density at radius 3 is 2.36 bits per heavy atom. The number of rotatable bonds is 2. The lowest BCUT2D eigenvalue weighted by atomic mass is 9.75. The number of nitrogens with two attached hydrogens (primary N) is 1. The SMILES string of the molecule is CC(C)(C)C(O)(CN)c1sccc1Br. The van der Waals surface area contributed by atoms with E-state index in [9.17, 15) is 5.11 Å². The van der Waals surface area contributed by atoms with Crippen LogP contribution in [0.4, 0.5) is 0 Å². The highest BCUT2D eigenvalue weighted by Gasteiger charge is 2.42. The van der Waals surface area contributed by atoms with Gasteiger partial charge in [-0.05, 0) is 32.8 Å². The fraction of sp³-hybridized carbons (Fsp3) is 0.600. The van der Waals surface area contributed by atoms with Gasteiger partial charge >= 0.3 is 0 Å². The van der Waals surface area contributed by atoms with Crippen LogP contribution in [0, 0.1) is 5.41 Å². The molecule has 3 N–H and O–H groups in total. The van der Waals surface area contributed by atoms with Crippen LogP contribution in [0.1, 0.15) is 25.6 Å². The molecule has 0 amide bonds. The molecule has 0 bridgehead atoms. The molecule has 1 aromatic rings. The second-order valence-corrected chi connectivity index (χ2v) is 6.18. The number of aliphatic hydroxyl groups is 1. The van der Waals surface area contributed by atoms with Gasteiger partial charge in [0.2, 0.25) is 0 Å². The summed E-state index contributed by atoms with van der Waals surface area (Å²) in [4.78, 5) is 0.910. The Morgan fingerprint density at radius 1 is 1.50 bits per heavy atom. The van der Waals surface area contributed by atoms with E-state index in [2.05, 4.69) is 15.9 Å². The Hall–Kier alpha value is 0.100. The molecular weight excluding hydrogens is 262 g/mol. The number of hydrogen-bond donors (Lipinski definition) is 2. The Labute approximate surface area is 97.3 Å². The molecular formula is C10H16BrNOS. The predicted molar refractivity (Wildman–Crippen MR) is 64.4 cm³/mol. The number of thiophene rings is 1. The van der Waals surface area contributed by atoms with Crippen molar-refractivity contribution < 1.29 is 5.11 Å². The predicted octanol–water partition coefficient (Wildman–Crippen LogP) is 2.70. The van der Waals surface area contributed by atoms with Crippen molar-refractivity contribution in [3.63, 3.8) is 0 Å². The van der Waals surface area contributed by atoms with E-state index in [-0.39, 0.29) is 12.0 Å². The van der Waals surface area contributed by atoms with E-state index in [1.807, 2.05) is 32.2 Å². The highest BCUT2D eigenvalue weighted by molar-refractivity contribution is 9.10. The van der Waals surface area contributed by atoms with Crippen LogP contribution < -0.4 is 5.73 Å². The lowest BCUT2D eigenvalue weighted by Gasteiger charge is -2.39. The van der Waals surface area contributed by atoms with E-state index in [0.29, 0.717) is 0 Å². The first-order chi connectivity index (χ1) is 6.33. The highest BCUT2D eigenvalue weighted by Crippen LogP contribution is 2.43. The highest BCUT2D eigenvalue weighted by atomic mass is 79.9. The van der Waals surface area contributed by atoms with Crippen LogP contribution in [0.25, 0.3) is 0 Å². The van der Waals surface area contributed by atoms with Crippen molar-refractivity contribution in [2.45, 2.75) is 26.4 Å². The maximum atomic E-state index is 10.6. The van der Waals surface area contributed by atoms with Crippen LogP contribution in [0.3, 0.4) is 0 Å². The van der Waals surface area contributed by atoms with Gasteiger partial charge in [-0.15, -0.1) is 11.3 Å². The van der Waals surface area contributed by atoms with Gasteiger partial charge in [0.1, 0.15) is 5.60 Å². The van der Waals surface area contributed by atoms with Crippen molar-refractivity contribution in [1.82, 2.24) is 0 Å². The molecule has 2 nitrogen and oxygen atoms in total. The van der Waals surface area contributed by atoms with Gasteiger partial charge in [-0.25, -0.2) is 0 Å². The van der Waals surface area contributed by atoms with Crippen molar-refractivity contribution in [3.05, 3.63) is 20.8 Å². The molecule has 0 aliphatic heterocycles. The third kappa shape index (κ3) is 1.89. The van der Waals surface area contributed by atoms with E-state index in [1.165, 1.54) is 11.3 Å². The molecule has 0 radical (unpaired) electrons. The third-order valence-electron chi connectivity index (χ3n) is 2.53. The largest absolute Gasteiger partial charge is 0.382 e. The molecule has 1 heterocycles. The second kappa shape index (κ2) is 3.93. The Balaban J connectivity index is 3.22. The maximum absolute atomic E-state index is 10.6. The number of halogens is 1. The van der Waals surface area contributed by atoms with Crippen LogP contribution in [0.5, 0.6) is 0 Å². The van der Waals surface area contributed by atoms with Crippen molar-refractivity contribution in [2.24, 2.45) is 11.1 Å². The monoisotopic (exact) mass is 277 g/mol. The first-order valence-corrected chi connectivity index (χ1v) is 6.16. The smallest absolute Gasteiger partial charge is 0.117 e. The normalized spacial score (nSPS) is 16.7. The van der Waals surface area contributed by atoms with Gasteiger partial charge in [0, 0.05) is 11.0 Å². The molecule has 0 aromatic carbocycles. The maximum Gasteiger partial charge on any atom is 0.117 e. The first-order valence-electron chi connectivity index (χ1n) is 4.49. The first kappa shape index (κ1) is 12.2. The van der Waals surface area contributed by atoms with E-state index in [4.69, 9.17) is 5.73 Å². The second-order valence-electron chi connectivity index (χ2n) is 4.41. The standard InChI is InChI=1S/C10H16BrNOS/c1-9(2,3)10(13,6-12)8-7(11)4-5-14-8/h4-5,13H,6,12H2,1-3H3. The Kier molecular flexibility index (Phi) is 3.41. The molecule has 0 aliphatic carbocycles. The number of hydrogen-bond acceptors (Lipinski definition) is 3. The summed E-state index contributed by atoms with van der Waals surface area (Å²) >= 11 is 4.96. The molecule has 0 spiro atoms. The fourth-order valence-corrected chi connectivity index (χ4v) is 3.35. The Bertz CT molecular complexity index is 318. The minimum atomic E-state index is -0.958.